The van der Waals surface area contributed by atoms with E-state index >= 15 is 0 Å². The van der Waals surface area contributed by atoms with Gasteiger partial charge in [-0.15, -0.1) is 0 Å². The van der Waals surface area contributed by atoms with Crippen molar-refractivity contribution in [1.29, 1.82) is 0 Å². The Bertz CT molecular complexity index is 152. The van der Waals surface area contributed by atoms with Crippen molar-refractivity contribution >= 4 is 11.8 Å². The zero-order valence-corrected chi connectivity index (χ0v) is 9.36. The summed E-state index contributed by atoms with van der Waals surface area (Å²) in [7, 11) is 0. The Hall–Kier alpha value is 0.270. The lowest BCUT2D eigenvalue weighted by atomic mass is 9.68. The van der Waals surface area contributed by atoms with Crippen LogP contribution in [0.1, 0.15) is 33.1 Å². The minimum absolute atomic E-state index is 0.108. The second-order valence-corrected chi connectivity index (χ2v) is 5.08. The fourth-order valence-electron chi connectivity index (χ4n) is 2.25. The van der Waals surface area contributed by atoms with E-state index in [-0.39, 0.29) is 12.0 Å². The summed E-state index contributed by atoms with van der Waals surface area (Å²) in [5.74, 6) is 1.81. The van der Waals surface area contributed by atoms with Gasteiger partial charge in [0.05, 0.1) is 12.2 Å². The average molecular weight is 204 g/mol. The topological polar surface area (TPSA) is 40.5 Å². The number of aliphatic hydroxyl groups is 2. The first-order chi connectivity index (χ1) is 6.14. The molecule has 1 heterocycles. The zero-order chi connectivity index (χ0) is 9.95. The van der Waals surface area contributed by atoms with Crippen LogP contribution in [-0.4, -0.2) is 33.9 Å². The fraction of sp³-hybridized carbons (Fsp3) is 1.00. The molecule has 2 nitrogen and oxygen atoms in total. The molecule has 0 saturated carbocycles. The summed E-state index contributed by atoms with van der Waals surface area (Å²) >= 11 is 1.79. The van der Waals surface area contributed by atoms with Crippen LogP contribution in [0.15, 0.2) is 0 Å². The van der Waals surface area contributed by atoms with E-state index in [2.05, 4.69) is 13.8 Å². The molecule has 3 heteroatoms. The van der Waals surface area contributed by atoms with Crippen LogP contribution in [0, 0.1) is 5.41 Å². The first-order valence-corrected chi connectivity index (χ1v) is 6.20. The van der Waals surface area contributed by atoms with Crippen LogP contribution in [0.4, 0.5) is 0 Å². The Morgan fingerprint density at radius 2 is 2.00 bits per heavy atom. The van der Waals surface area contributed by atoms with Crippen LogP contribution in [-0.2, 0) is 0 Å². The molecule has 0 radical (unpaired) electrons. The first-order valence-electron chi connectivity index (χ1n) is 5.05. The monoisotopic (exact) mass is 204 g/mol. The molecule has 2 N–H and O–H groups in total. The fourth-order valence-corrected chi connectivity index (χ4v) is 3.67. The van der Waals surface area contributed by atoms with E-state index in [4.69, 9.17) is 0 Å². The second-order valence-electron chi connectivity index (χ2n) is 3.98. The van der Waals surface area contributed by atoms with Crippen molar-refractivity contribution in [3.8, 4) is 0 Å². The van der Waals surface area contributed by atoms with Crippen molar-refractivity contribution < 1.29 is 10.2 Å². The summed E-state index contributed by atoms with van der Waals surface area (Å²) < 4.78 is 0. The van der Waals surface area contributed by atoms with E-state index in [1.165, 1.54) is 0 Å². The standard InChI is InChI=1S/C10H20O2S/c1-3-9(4-2,7-11)10(12)5-6-13-8-10/h11-12H,3-8H2,1-2H3. The van der Waals surface area contributed by atoms with Gasteiger partial charge in [0, 0.05) is 11.2 Å². The molecule has 1 rings (SSSR count). The Kier molecular flexibility index (Phi) is 3.66. The van der Waals surface area contributed by atoms with Gasteiger partial charge in [0.1, 0.15) is 0 Å². The number of thioether (sulfide) groups is 1. The molecular weight excluding hydrogens is 184 g/mol. The minimum atomic E-state index is -0.629. The van der Waals surface area contributed by atoms with E-state index in [0.717, 1.165) is 30.8 Å². The van der Waals surface area contributed by atoms with Crippen molar-refractivity contribution in [2.45, 2.75) is 38.7 Å². The van der Waals surface area contributed by atoms with E-state index in [1.807, 2.05) is 0 Å². The molecule has 78 valence electrons. The minimum Gasteiger partial charge on any atom is -0.396 e. The lowest BCUT2D eigenvalue weighted by Gasteiger charge is -2.43. The van der Waals surface area contributed by atoms with Crippen LogP contribution in [0.2, 0.25) is 0 Å². The van der Waals surface area contributed by atoms with E-state index in [1.54, 1.807) is 11.8 Å². The maximum Gasteiger partial charge on any atom is 0.0823 e. The van der Waals surface area contributed by atoms with Crippen molar-refractivity contribution in [3.63, 3.8) is 0 Å². The summed E-state index contributed by atoms with van der Waals surface area (Å²) in [5.41, 5.74) is -0.896. The van der Waals surface area contributed by atoms with Crippen molar-refractivity contribution in [1.82, 2.24) is 0 Å². The van der Waals surface area contributed by atoms with Gasteiger partial charge in [-0.2, -0.15) is 11.8 Å². The van der Waals surface area contributed by atoms with E-state index in [9.17, 15) is 10.2 Å². The van der Waals surface area contributed by atoms with Crippen molar-refractivity contribution in [2.24, 2.45) is 5.41 Å². The average Bonchev–Trinajstić information content (AvgIpc) is 2.57. The molecule has 1 unspecified atom stereocenters. The quantitative estimate of drug-likeness (QED) is 0.731. The first kappa shape index (κ1) is 11.3. The molecule has 1 aliphatic heterocycles. The van der Waals surface area contributed by atoms with Gasteiger partial charge >= 0.3 is 0 Å². The Labute approximate surface area is 84.7 Å². The second kappa shape index (κ2) is 4.20. The number of hydrogen-bond donors (Lipinski definition) is 2. The lowest BCUT2D eigenvalue weighted by Crippen LogP contribution is -2.50. The Balaban J connectivity index is 2.84. The Morgan fingerprint density at radius 3 is 2.31 bits per heavy atom. The third-order valence-corrected chi connectivity index (χ3v) is 4.82. The van der Waals surface area contributed by atoms with Gasteiger partial charge in [-0.3, -0.25) is 0 Å². The highest BCUT2D eigenvalue weighted by molar-refractivity contribution is 7.99. The lowest BCUT2D eigenvalue weighted by molar-refractivity contribution is -0.0961. The molecule has 0 spiro atoms. The predicted octanol–water partition coefficient (Wildman–Crippen LogP) is 1.65. The molecule has 0 aromatic carbocycles. The summed E-state index contributed by atoms with van der Waals surface area (Å²) in [5, 5.41) is 19.9. The van der Waals surface area contributed by atoms with Gasteiger partial charge in [0.2, 0.25) is 0 Å². The molecular formula is C10H20O2S. The molecule has 1 aliphatic rings. The van der Waals surface area contributed by atoms with Crippen LogP contribution in [0.3, 0.4) is 0 Å². The zero-order valence-electron chi connectivity index (χ0n) is 8.55. The van der Waals surface area contributed by atoms with Crippen LogP contribution < -0.4 is 0 Å². The van der Waals surface area contributed by atoms with Gasteiger partial charge in [-0.25, -0.2) is 0 Å². The summed E-state index contributed by atoms with van der Waals surface area (Å²) in [6, 6.07) is 0. The largest absolute Gasteiger partial charge is 0.396 e. The molecule has 0 aliphatic carbocycles. The summed E-state index contributed by atoms with van der Waals surface area (Å²) in [4.78, 5) is 0. The molecule has 13 heavy (non-hydrogen) atoms. The van der Waals surface area contributed by atoms with Crippen LogP contribution in [0.25, 0.3) is 0 Å². The third kappa shape index (κ3) is 1.74. The number of hydrogen-bond acceptors (Lipinski definition) is 3. The van der Waals surface area contributed by atoms with Gasteiger partial charge in [0.15, 0.2) is 0 Å². The van der Waals surface area contributed by atoms with Crippen molar-refractivity contribution in [3.05, 3.63) is 0 Å². The van der Waals surface area contributed by atoms with E-state index in [0.29, 0.717) is 0 Å². The summed E-state index contributed by atoms with van der Waals surface area (Å²) in [6.07, 6.45) is 2.55. The molecule has 0 bridgehead atoms. The van der Waals surface area contributed by atoms with Gasteiger partial charge in [0.25, 0.3) is 0 Å². The molecule has 0 amide bonds. The van der Waals surface area contributed by atoms with Gasteiger partial charge in [-0.1, -0.05) is 13.8 Å². The Morgan fingerprint density at radius 1 is 1.38 bits per heavy atom. The molecule has 0 aromatic heterocycles. The third-order valence-electron chi connectivity index (χ3n) is 3.64. The van der Waals surface area contributed by atoms with Gasteiger partial charge < -0.3 is 10.2 Å². The number of rotatable bonds is 4. The van der Waals surface area contributed by atoms with Crippen LogP contribution in [0.5, 0.6) is 0 Å². The van der Waals surface area contributed by atoms with Crippen LogP contribution >= 0.6 is 11.8 Å². The summed E-state index contributed by atoms with van der Waals surface area (Å²) in [6.45, 7) is 4.22. The van der Waals surface area contributed by atoms with E-state index < -0.39 is 5.60 Å². The highest BCUT2D eigenvalue weighted by Gasteiger charge is 2.49. The predicted molar refractivity (Wildman–Crippen MR) is 57.0 cm³/mol. The molecule has 1 atom stereocenters. The normalized spacial score (nSPS) is 29.5. The highest BCUT2D eigenvalue weighted by atomic mass is 32.2. The smallest absolute Gasteiger partial charge is 0.0823 e. The SMILES string of the molecule is CCC(CC)(CO)C1(O)CCSC1. The maximum absolute atomic E-state index is 10.4. The maximum atomic E-state index is 10.4. The molecule has 0 aromatic rings. The molecule has 1 saturated heterocycles. The molecule has 1 fully saturated rings. The van der Waals surface area contributed by atoms with Gasteiger partial charge in [-0.05, 0) is 25.0 Å². The highest BCUT2D eigenvalue weighted by Crippen LogP contribution is 2.46. The van der Waals surface area contributed by atoms with Crippen molar-refractivity contribution in [2.75, 3.05) is 18.1 Å². The number of aliphatic hydroxyl groups excluding tert-OH is 1.